The molecule has 7 heteroatoms. The molecule has 0 aliphatic heterocycles. The molecule has 1 aromatic carbocycles. The van der Waals surface area contributed by atoms with Gasteiger partial charge in [-0.15, -0.1) is 24.0 Å². The van der Waals surface area contributed by atoms with Crippen LogP contribution in [-0.4, -0.2) is 43.2 Å². The molecule has 162 valence electrons. The third kappa shape index (κ3) is 7.64. The normalized spacial score (nSPS) is 13.7. The number of hydrogen-bond acceptors (Lipinski definition) is 4. The number of nitrogens with one attached hydrogen (secondary N) is 2. The quantitative estimate of drug-likeness (QED) is 0.286. The lowest BCUT2D eigenvalue weighted by molar-refractivity contribution is 0.0601. The Balaban J connectivity index is 0.00000420. The summed E-state index contributed by atoms with van der Waals surface area (Å²) in [6.07, 6.45) is 0. The average Bonchev–Trinajstić information content (AvgIpc) is 2.97. The summed E-state index contributed by atoms with van der Waals surface area (Å²) in [6, 6.07) is 10.2. The van der Waals surface area contributed by atoms with E-state index in [1.54, 1.807) is 6.92 Å². The van der Waals surface area contributed by atoms with Gasteiger partial charge in [0.25, 0.3) is 0 Å². The van der Waals surface area contributed by atoms with Crippen LogP contribution in [0.2, 0.25) is 0 Å². The summed E-state index contributed by atoms with van der Waals surface area (Å²) in [4.78, 5) is 6.87. The highest BCUT2D eigenvalue weighted by Crippen LogP contribution is 2.26. The third-order valence-corrected chi connectivity index (χ3v) is 4.58. The second kappa shape index (κ2) is 11.6. The lowest BCUT2D eigenvalue weighted by atomic mass is 9.96. The molecule has 6 nitrogen and oxygen atoms in total. The zero-order valence-electron chi connectivity index (χ0n) is 18.4. The van der Waals surface area contributed by atoms with Crippen molar-refractivity contribution in [1.82, 2.24) is 15.5 Å². The fourth-order valence-electron chi connectivity index (χ4n) is 3.23. The van der Waals surface area contributed by atoms with Crippen LogP contribution in [0, 0.1) is 13.8 Å². The number of aryl methyl sites for hydroxylation is 2. The Labute approximate surface area is 191 Å². The summed E-state index contributed by atoms with van der Waals surface area (Å²) in [5, 5.41) is 17.4. The first kappa shape index (κ1) is 25.5. The van der Waals surface area contributed by atoms with Crippen LogP contribution in [0.1, 0.15) is 42.1 Å². The first-order valence-electron chi connectivity index (χ1n) is 9.76. The van der Waals surface area contributed by atoms with Crippen molar-refractivity contribution in [1.29, 1.82) is 0 Å². The number of aliphatic imine (C=N–C) groups is 1. The van der Waals surface area contributed by atoms with E-state index >= 15 is 0 Å². The van der Waals surface area contributed by atoms with Crippen molar-refractivity contribution >= 4 is 29.9 Å². The van der Waals surface area contributed by atoms with Crippen LogP contribution in [0.4, 0.5) is 0 Å². The summed E-state index contributed by atoms with van der Waals surface area (Å²) in [5.41, 5.74) is 2.20. The predicted molar refractivity (Wildman–Crippen MR) is 130 cm³/mol. The van der Waals surface area contributed by atoms with Gasteiger partial charge in [-0.25, -0.2) is 4.99 Å². The number of guanidine groups is 1. The number of hydrogen-bond donors (Lipinski definition) is 3. The van der Waals surface area contributed by atoms with Crippen molar-refractivity contribution in [3.8, 4) is 0 Å². The number of aliphatic hydroxyl groups is 1. The maximum Gasteiger partial charge on any atom is 0.191 e. The Hall–Kier alpha value is -1.58. The number of halogens is 1. The van der Waals surface area contributed by atoms with E-state index in [9.17, 15) is 5.11 Å². The summed E-state index contributed by atoms with van der Waals surface area (Å²) in [6.45, 7) is 10.1. The first-order valence-corrected chi connectivity index (χ1v) is 9.76. The molecule has 0 aliphatic carbocycles. The molecule has 2 aromatic rings. The van der Waals surface area contributed by atoms with Gasteiger partial charge in [0.1, 0.15) is 17.1 Å². The number of benzene rings is 1. The Bertz CT molecular complexity index is 800. The van der Waals surface area contributed by atoms with E-state index in [0.717, 1.165) is 30.2 Å². The highest BCUT2D eigenvalue weighted by atomic mass is 127. The van der Waals surface area contributed by atoms with Gasteiger partial charge in [0, 0.05) is 18.7 Å². The van der Waals surface area contributed by atoms with Gasteiger partial charge in [-0.1, -0.05) is 24.3 Å². The zero-order valence-corrected chi connectivity index (χ0v) is 20.7. The molecule has 1 heterocycles. The minimum atomic E-state index is -1.05. The van der Waals surface area contributed by atoms with E-state index in [1.807, 2.05) is 32.9 Å². The molecular weight excluding hydrogens is 479 g/mol. The third-order valence-electron chi connectivity index (χ3n) is 4.58. The van der Waals surface area contributed by atoms with Crippen LogP contribution < -0.4 is 10.6 Å². The molecule has 0 saturated carbocycles. The molecule has 1 aromatic heterocycles. The number of rotatable bonds is 8. The maximum absolute atomic E-state index is 10.9. The topological polar surface area (TPSA) is 73.0 Å². The average molecular weight is 514 g/mol. The van der Waals surface area contributed by atoms with E-state index in [1.165, 1.54) is 11.1 Å². The van der Waals surface area contributed by atoms with Crippen LogP contribution in [0.25, 0.3) is 0 Å². The highest BCUT2D eigenvalue weighted by Gasteiger charge is 2.27. The highest BCUT2D eigenvalue weighted by molar-refractivity contribution is 14.0. The van der Waals surface area contributed by atoms with Gasteiger partial charge in [0.2, 0.25) is 0 Å². The van der Waals surface area contributed by atoms with Gasteiger partial charge < -0.3 is 25.1 Å². The lowest BCUT2D eigenvalue weighted by Crippen LogP contribution is -2.44. The molecule has 2 rings (SSSR count). The van der Waals surface area contributed by atoms with Crippen molar-refractivity contribution in [3.05, 3.63) is 58.5 Å². The minimum Gasteiger partial charge on any atom is -0.466 e. The molecule has 0 saturated heterocycles. The van der Waals surface area contributed by atoms with Crippen molar-refractivity contribution in [2.24, 2.45) is 4.99 Å². The molecular formula is C22H35IN4O2. The molecule has 0 bridgehead atoms. The second-order valence-electron chi connectivity index (χ2n) is 7.66. The minimum absolute atomic E-state index is 0. The van der Waals surface area contributed by atoms with Gasteiger partial charge >= 0.3 is 0 Å². The van der Waals surface area contributed by atoms with Gasteiger partial charge in [-0.3, -0.25) is 0 Å². The van der Waals surface area contributed by atoms with Gasteiger partial charge in [-0.05, 0) is 59.0 Å². The summed E-state index contributed by atoms with van der Waals surface area (Å²) < 4.78 is 5.57. The van der Waals surface area contributed by atoms with Crippen LogP contribution in [0.5, 0.6) is 0 Å². The van der Waals surface area contributed by atoms with Crippen molar-refractivity contribution in [2.75, 3.05) is 27.2 Å². The fourth-order valence-corrected chi connectivity index (χ4v) is 3.23. The Morgan fingerprint density at radius 3 is 2.38 bits per heavy atom. The molecule has 1 atom stereocenters. The number of furan rings is 1. The molecule has 0 amide bonds. The fraction of sp³-hybridized carbons (Fsp3) is 0.500. The Morgan fingerprint density at radius 1 is 1.17 bits per heavy atom. The Morgan fingerprint density at radius 2 is 1.83 bits per heavy atom. The molecule has 0 aliphatic rings. The monoisotopic (exact) mass is 514 g/mol. The van der Waals surface area contributed by atoms with Crippen molar-refractivity contribution < 1.29 is 9.52 Å². The smallest absolute Gasteiger partial charge is 0.191 e. The van der Waals surface area contributed by atoms with Gasteiger partial charge in [0.15, 0.2) is 5.96 Å². The first-order chi connectivity index (χ1) is 13.2. The SMILES string of the molecule is CCNC(=NCc1ccccc1CN(C)C)NCC(C)(O)c1cc(C)oc1C.I. The largest absolute Gasteiger partial charge is 0.466 e. The van der Waals surface area contributed by atoms with E-state index < -0.39 is 5.60 Å². The molecule has 1 unspecified atom stereocenters. The Kier molecular flexibility index (Phi) is 10.2. The van der Waals surface area contributed by atoms with Gasteiger partial charge in [-0.2, -0.15) is 0 Å². The summed E-state index contributed by atoms with van der Waals surface area (Å²) in [5.74, 6) is 2.22. The second-order valence-corrected chi connectivity index (χ2v) is 7.66. The van der Waals surface area contributed by atoms with Gasteiger partial charge in [0.05, 0.1) is 13.1 Å². The summed E-state index contributed by atoms with van der Waals surface area (Å²) in [7, 11) is 4.13. The standard InChI is InChI=1S/C22H34N4O2.HI/c1-7-23-21(24-13-18-10-8-9-11-19(18)14-26(5)6)25-15-22(4,27)20-12-16(2)28-17(20)3;/h8-12,27H,7,13-15H2,1-6H3,(H2,23,24,25);1H. The van der Waals surface area contributed by atoms with Crippen LogP contribution in [0.3, 0.4) is 0 Å². The van der Waals surface area contributed by atoms with E-state index in [4.69, 9.17) is 9.41 Å². The van der Waals surface area contributed by atoms with E-state index in [-0.39, 0.29) is 24.0 Å². The van der Waals surface area contributed by atoms with Crippen molar-refractivity contribution in [3.63, 3.8) is 0 Å². The number of nitrogens with zero attached hydrogens (tertiary/aromatic N) is 2. The van der Waals surface area contributed by atoms with Crippen LogP contribution in [0.15, 0.2) is 39.7 Å². The molecule has 3 N–H and O–H groups in total. The van der Waals surface area contributed by atoms with E-state index in [2.05, 4.69) is 47.8 Å². The lowest BCUT2D eigenvalue weighted by Gasteiger charge is -2.24. The van der Waals surface area contributed by atoms with Crippen molar-refractivity contribution in [2.45, 2.75) is 46.4 Å². The zero-order chi connectivity index (χ0) is 20.7. The van der Waals surface area contributed by atoms with Crippen LogP contribution in [-0.2, 0) is 18.7 Å². The van der Waals surface area contributed by atoms with E-state index in [0.29, 0.717) is 19.0 Å². The molecule has 0 fully saturated rings. The predicted octanol–water partition coefficient (Wildman–Crippen LogP) is 3.54. The van der Waals surface area contributed by atoms with Crippen LogP contribution >= 0.6 is 24.0 Å². The maximum atomic E-state index is 10.9. The molecule has 29 heavy (non-hydrogen) atoms. The molecule has 0 radical (unpaired) electrons. The molecule has 0 spiro atoms. The summed E-state index contributed by atoms with van der Waals surface area (Å²) >= 11 is 0.